The van der Waals surface area contributed by atoms with Crippen molar-refractivity contribution in [3.8, 4) is 0 Å². The molecule has 1 amide bonds. The monoisotopic (exact) mass is 338 g/mol. The molecular weight excluding hydrogens is 312 g/mol. The fourth-order valence-corrected chi connectivity index (χ4v) is 3.30. The third-order valence-corrected chi connectivity index (χ3v) is 4.77. The minimum absolute atomic E-state index is 0.114. The van der Waals surface area contributed by atoms with Gasteiger partial charge in [-0.1, -0.05) is 60.7 Å². The molecule has 0 aliphatic carbocycles. The summed E-state index contributed by atoms with van der Waals surface area (Å²) in [7, 11) is 0. The highest BCUT2D eigenvalue weighted by Gasteiger charge is 2.28. The Bertz CT molecular complexity index is 654. The van der Waals surface area contributed by atoms with Crippen molar-refractivity contribution < 1.29 is 9.53 Å². The Kier molecular flexibility index (Phi) is 6.20. The van der Waals surface area contributed by atoms with Crippen molar-refractivity contribution >= 4 is 5.91 Å². The molecule has 2 atom stereocenters. The maximum Gasteiger partial charge on any atom is 0.224 e. The molecule has 3 rings (SSSR count). The van der Waals surface area contributed by atoms with Crippen LogP contribution in [-0.4, -0.2) is 36.6 Å². The van der Waals surface area contributed by atoms with Gasteiger partial charge in [0, 0.05) is 25.6 Å². The van der Waals surface area contributed by atoms with Crippen LogP contribution in [0.4, 0.5) is 0 Å². The lowest BCUT2D eigenvalue weighted by Crippen LogP contribution is -2.43. The third kappa shape index (κ3) is 4.91. The molecule has 0 saturated carbocycles. The molecule has 1 heterocycles. The minimum Gasteiger partial charge on any atom is -0.379 e. The maximum atomic E-state index is 12.9. The van der Waals surface area contributed by atoms with Crippen LogP contribution >= 0.6 is 0 Å². The Morgan fingerprint density at radius 3 is 2.44 bits per heavy atom. The van der Waals surface area contributed by atoms with Crippen molar-refractivity contribution in [3.63, 3.8) is 0 Å². The van der Waals surface area contributed by atoms with Gasteiger partial charge in [0.2, 0.25) is 5.91 Å². The van der Waals surface area contributed by atoms with E-state index in [1.807, 2.05) is 53.4 Å². The van der Waals surface area contributed by atoms with Gasteiger partial charge < -0.3 is 15.4 Å². The number of hydrogen-bond donors (Lipinski definition) is 1. The van der Waals surface area contributed by atoms with Crippen molar-refractivity contribution in [1.82, 2.24) is 4.90 Å². The quantitative estimate of drug-likeness (QED) is 0.844. The first-order valence-corrected chi connectivity index (χ1v) is 8.95. The summed E-state index contributed by atoms with van der Waals surface area (Å²) in [6, 6.07) is 20.0. The number of amides is 1. The van der Waals surface area contributed by atoms with Crippen LogP contribution in [-0.2, 0) is 16.0 Å². The molecule has 2 aromatic rings. The fraction of sp³-hybridized carbons (Fsp3) is 0.381. The summed E-state index contributed by atoms with van der Waals surface area (Å²) in [6.07, 6.45) is 2.08. The van der Waals surface area contributed by atoms with E-state index in [4.69, 9.17) is 10.5 Å². The highest BCUT2D eigenvalue weighted by molar-refractivity contribution is 5.77. The molecule has 2 N–H and O–H groups in total. The second-order valence-electron chi connectivity index (χ2n) is 6.56. The lowest BCUT2D eigenvalue weighted by atomic mass is 10.0. The zero-order chi connectivity index (χ0) is 17.5. The number of benzene rings is 2. The van der Waals surface area contributed by atoms with Gasteiger partial charge in [0.05, 0.1) is 12.6 Å². The van der Waals surface area contributed by atoms with Gasteiger partial charge in [0.25, 0.3) is 0 Å². The van der Waals surface area contributed by atoms with E-state index in [1.54, 1.807) is 0 Å². The molecule has 1 aliphatic rings. The van der Waals surface area contributed by atoms with Crippen LogP contribution in [0.5, 0.6) is 0 Å². The molecule has 1 fully saturated rings. The third-order valence-electron chi connectivity index (χ3n) is 4.77. The number of rotatable bonds is 7. The summed E-state index contributed by atoms with van der Waals surface area (Å²) in [6.45, 7) is 2.06. The van der Waals surface area contributed by atoms with Crippen LogP contribution < -0.4 is 5.73 Å². The molecule has 0 aromatic heterocycles. The smallest absolute Gasteiger partial charge is 0.224 e. The van der Waals surface area contributed by atoms with Gasteiger partial charge in [-0.15, -0.1) is 0 Å². The van der Waals surface area contributed by atoms with Crippen LogP contribution in [0.3, 0.4) is 0 Å². The summed E-state index contributed by atoms with van der Waals surface area (Å²) in [5.41, 5.74) is 8.50. The van der Waals surface area contributed by atoms with Gasteiger partial charge in [-0.25, -0.2) is 0 Å². The fourth-order valence-electron chi connectivity index (χ4n) is 3.30. The van der Waals surface area contributed by atoms with E-state index in [0.717, 1.165) is 25.0 Å². The molecule has 132 valence electrons. The van der Waals surface area contributed by atoms with Crippen molar-refractivity contribution in [1.29, 1.82) is 0 Å². The Labute approximate surface area is 149 Å². The molecule has 25 heavy (non-hydrogen) atoms. The first kappa shape index (κ1) is 17.6. The van der Waals surface area contributed by atoms with Crippen LogP contribution in [0.1, 0.15) is 30.0 Å². The average Bonchev–Trinajstić information content (AvgIpc) is 3.18. The largest absolute Gasteiger partial charge is 0.379 e. The molecule has 2 unspecified atom stereocenters. The summed E-state index contributed by atoms with van der Waals surface area (Å²) in [5, 5.41) is 0. The van der Waals surface area contributed by atoms with Crippen LogP contribution in [0.2, 0.25) is 0 Å². The van der Waals surface area contributed by atoms with Crippen molar-refractivity contribution in [2.45, 2.75) is 31.3 Å². The Morgan fingerprint density at radius 2 is 1.80 bits per heavy atom. The molecule has 1 aliphatic heterocycles. The van der Waals surface area contributed by atoms with Gasteiger partial charge in [0.1, 0.15) is 0 Å². The highest BCUT2D eigenvalue weighted by Crippen LogP contribution is 2.19. The predicted octanol–water partition coefficient (Wildman–Crippen LogP) is 2.94. The van der Waals surface area contributed by atoms with Gasteiger partial charge >= 0.3 is 0 Å². The molecule has 0 radical (unpaired) electrons. The van der Waals surface area contributed by atoms with Crippen LogP contribution in [0, 0.1) is 0 Å². The number of hydrogen-bond acceptors (Lipinski definition) is 3. The van der Waals surface area contributed by atoms with Crippen LogP contribution in [0.25, 0.3) is 0 Å². The molecule has 2 aromatic carbocycles. The topological polar surface area (TPSA) is 55.6 Å². The van der Waals surface area contributed by atoms with Gasteiger partial charge in [-0.2, -0.15) is 0 Å². The van der Waals surface area contributed by atoms with Crippen LogP contribution in [0.15, 0.2) is 60.7 Å². The van der Waals surface area contributed by atoms with E-state index < -0.39 is 0 Å². The Balaban J connectivity index is 1.64. The van der Waals surface area contributed by atoms with E-state index >= 15 is 0 Å². The first-order valence-electron chi connectivity index (χ1n) is 8.95. The normalized spacial score (nSPS) is 18.0. The van der Waals surface area contributed by atoms with E-state index in [2.05, 4.69) is 12.1 Å². The van der Waals surface area contributed by atoms with Gasteiger partial charge in [0.15, 0.2) is 0 Å². The molecule has 4 nitrogen and oxygen atoms in total. The zero-order valence-electron chi connectivity index (χ0n) is 14.5. The zero-order valence-corrected chi connectivity index (χ0v) is 14.5. The summed E-state index contributed by atoms with van der Waals surface area (Å²) < 4.78 is 5.50. The first-order chi connectivity index (χ1) is 12.2. The molecular formula is C21H26N2O2. The summed E-state index contributed by atoms with van der Waals surface area (Å²) in [5.74, 6) is 0.114. The molecule has 4 heteroatoms. The predicted molar refractivity (Wildman–Crippen MR) is 99.1 cm³/mol. The second kappa shape index (κ2) is 8.79. The van der Waals surface area contributed by atoms with Gasteiger partial charge in [-0.3, -0.25) is 4.79 Å². The van der Waals surface area contributed by atoms with Crippen molar-refractivity contribution in [2.24, 2.45) is 5.73 Å². The summed E-state index contributed by atoms with van der Waals surface area (Å²) in [4.78, 5) is 14.9. The molecule has 1 saturated heterocycles. The minimum atomic E-state index is -0.268. The summed E-state index contributed by atoms with van der Waals surface area (Å²) >= 11 is 0. The van der Waals surface area contributed by atoms with Crippen molar-refractivity contribution in [3.05, 3.63) is 71.8 Å². The van der Waals surface area contributed by atoms with E-state index in [9.17, 15) is 4.79 Å². The number of carbonyl (C=O) groups excluding carboxylic acids is 1. The number of carbonyl (C=O) groups is 1. The van der Waals surface area contributed by atoms with E-state index in [1.165, 1.54) is 5.56 Å². The molecule has 0 spiro atoms. The number of nitrogens with zero attached hydrogens (tertiary/aromatic N) is 1. The Hall–Kier alpha value is -2.17. The average molecular weight is 338 g/mol. The SMILES string of the molecule is NC(CC(=O)N(CCc1ccccc1)C1CCOC1)c1ccccc1. The highest BCUT2D eigenvalue weighted by atomic mass is 16.5. The lowest BCUT2D eigenvalue weighted by molar-refractivity contribution is -0.134. The number of nitrogens with two attached hydrogens (primary N) is 1. The lowest BCUT2D eigenvalue weighted by Gasteiger charge is -2.29. The maximum absolute atomic E-state index is 12.9. The molecule has 0 bridgehead atoms. The van der Waals surface area contributed by atoms with Gasteiger partial charge in [-0.05, 0) is 24.0 Å². The second-order valence-corrected chi connectivity index (χ2v) is 6.56. The van der Waals surface area contributed by atoms with E-state index in [0.29, 0.717) is 19.6 Å². The van der Waals surface area contributed by atoms with Crippen molar-refractivity contribution in [2.75, 3.05) is 19.8 Å². The Morgan fingerprint density at radius 1 is 1.12 bits per heavy atom. The standard InChI is InChI=1S/C21H26N2O2/c22-20(18-9-5-2-6-10-18)15-21(24)23(19-12-14-25-16-19)13-11-17-7-3-1-4-8-17/h1-10,19-20H,11-16,22H2. The number of ether oxygens (including phenoxy) is 1. The van der Waals surface area contributed by atoms with E-state index in [-0.39, 0.29) is 18.0 Å².